The zero-order chi connectivity index (χ0) is 20.1. The van der Waals surface area contributed by atoms with Crippen LogP contribution in [0.2, 0.25) is 15.1 Å². The molecule has 0 aliphatic carbocycles. The summed E-state index contributed by atoms with van der Waals surface area (Å²) in [5.74, 6) is -0.169. The molecule has 3 rings (SSSR count). The van der Waals surface area contributed by atoms with Crippen molar-refractivity contribution in [3.8, 4) is 6.07 Å². The topological polar surface area (TPSA) is 59.4 Å². The maximum absolute atomic E-state index is 12.5. The summed E-state index contributed by atoms with van der Waals surface area (Å²) in [5.41, 5.74) is 2.12. The second-order valence-electron chi connectivity index (χ2n) is 6.57. The van der Waals surface area contributed by atoms with Gasteiger partial charge in [0.05, 0.1) is 33.9 Å². The fourth-order valence-electron chi connectivity index (χ4n) is 3.18. The van der Waals surface area contributed by atoms with Crippen LogP contribution in [0.25, 0.3) is 0 Å². The van der Waals surface area contributed by atoms with Crippen LogP contribution in [0.4, 0.5) is 11.4 Å². The highest BCUT2D eigenvalue weighted by Crippen LogP contribution is 2.33. The van der Waals surface area contributed by atoms with Gasteiger partial charge in [0.2, 0.25) is 5.91 Å². The molecule has 1 saturated heterocycles. The molecule has 2 aromatic rings. The third-order valence-electron chi connectivity index (χ3n) is 4.59. The van der Waals surface area contributed by atoms with E-state index in [1.54, 1.807) is 12.1 Å². The fraction of sp³-hybridized carbons (Fsp3) is 0.300. The number of halogens is 3. The Hall–Kier alpha value is -1.97. The van der Waals surface area contributed by atoms with Gasteiger partial charge in [-0.25, -0.2) is 0 Å². The molecule has 1 amide bonds. The number of anilines is 2. The monoisotopic (exact) mass is 436 g/mol. The largest absolute Gasteiger partial charge is 0.370 e. The molecule has 1 aliphatic rings. The SMILES string of the molecule is N#Cc1ccc(N2CCCN(CC(=O)Nc3c(Cl)cc(Cl)cc3Cl)CC2)cc1. The average molecular weight is 438 g/mol. The number of hydrogen-bond donors (Lipinski definition) is 1. The molecule has 28 heavy (non-hydrogen) atoms. The lowest BCUT2D eigenvalue weighted by Crippen LogP contribution is -2.36. The highest BCUT2D eigenvalue weighted by atomic mass is 35.5. The van der Waals surface area contributed by atoms with Gasteiger partial charge in [0.25, 0.3) is 0 Å². The van der Waals surface area contributed by atoms with Crippen LogP contribution in [-0.4, -0.2) is 43.5 Å². The Balaban J connectivity index is 1.57. The summed E-state index contributed by atoms with van der Waals surface area (Å²) in [7, 11) is 0. The fourth-order valence-corrected chi connectivity index (χ4v) is 4.09. The van der Waals surface area contributed by atoms with E-state index in [1.807, 2.05) is 24.3 Å². The molecular formula is C20H19Cl3N4O. The maximum Gasteiger partial charge on any atom is 0.238 e. The zero-order valence-corrected chi connectivity index (χ0v) is 17.4. The quantitative estimate of drug-likeness (QED) is 0.755. The van der Waals surface area contributed by atoms with Gasteiger partial charge in [-0.05, 0) is 42.8 Å². The van der Waals surface area contributed by atoms with Crippen LogP contribution in [0, 0.1) is 11.3 Å². The second kappa shape index (κ2) is 9.49. The van der Waals surface area contributed by atoms with Crippen LogP contribution in [-0.2, 0) is 4.79 Å². The van der Waals surface area contributed by atoms with Crippen molar-refractivity contribution in [2.24, 2.45) is 0 Å². The van der Waals surface area contributed by atoms with E-state index < -0.39 is 0 Å². The number of amides is 1. The molecule has 1 N–H and O–H groups in total. The summed E-state index contributed by atoms with van der Waals surface area (Å²) in [6, 6.07) is 12.8. The molecular weight excluding hydrogens is 419 g/mol. The third kappa shape index (κ3) is 5.30. The minimum Gasteiger partial charge on any atom is -0.370 e. The van der Waals surface area contributed by atoms with Crippen molar-refractivity contribution in [3.05, 3.63) is 57.0 Å². The zero-order valence-electron chi connectivity index (χ0n) is 15.1. The smallest absolute Gasteiger partial charge is 0.238 e. The minimum atomic E-state index is -0.169. The van der Waals surface area contributed by atoms with E-state index in [-0.39, 0.29) is 12.5 Å². The Morgan fingerprint density at radius 1 is 1.04 bits per heavy atom. The van der Waals surface area contributed by atoms with E-state index in [4.69, 9.17) is 40.1 Å². The van der Waals surface area contributed by atoms with Gasteiger partial charge in [-0.2, -0.15) is 5.26 Å². The Labute approximate surface area is 179 Å². The summed E-state index contributed by atoms with van der Waals surface area (Å²) >= 11 is 18.2. The first-order chi connectivity index (χ1) is 13.5. The van der Waals surface area contributed by atoms with Gasteiger partial charge in [-0.15, -0.1) is 0 Å². The van der Waals surface area contributed by atoms with Crippen molar-refractivity contribution < 1.29 is 4.79 Å². The maximum atomic E-state index is 12.5. The molecule has 0 saturated carbocycles. The van der Waals surface area contributed by atoms with Crippen molar-refractivity contribution in [2.75, 3.05) is 42.9 Å². The van der Waals surface area contributed by atoms with E-state index in [9.17, 15) is 4.79 Å². The van der Waals surface area contributed by atoms with Crippen LogP contribution in [0.3, 0.4) is 0 Å². The van der Waals surface area contributed by atoms with E-state index in [0.29, 0.717) is 26.3 Å². The Kier molecular flexibility index (Phi) is 7.03. The Bertz CT molecular complexity index is 872. The van der Waals surface area contributed by atoms with Crippen LogP contribution in [0.1, 0.15) is 12.0 Å². The lowest BCUT2D eigenvalue weighted by Gasteiger charge is -2.23. The molecule has 0 radical (unpaired) electrons. The van der Waals surface area contributed by atoms with Crippen molar-refractivity contribution in [1.82, 2.24) is 4.90 Å². The van der Waals surface area contributed by atoms with Gasteiger partial charge in [0.1, 0.15) is 0 Å². The summed E-state index contributed by atoms with van der Waals surface area (Å²) in [6.45, 7) is 3.55. The number of rotatable bonds is 4. The first kappa shape index (κ1) is 20.8. The van der Waals surface area contributed by atoms with Gasteiger partial charge in [-0.3, -0.25) is 9.69 Å². The lowest BCUT2D eigenvalue weighted by atomic mass is 10.2. The van der Waals surface area contributed by atoms with Crippen LogP contribution >= 0.6 is 34.8 Å². The molecule has 1 fully saturated rings. The van der Waals surface area contributed by atoms with Crippen LogP contribution < -0.4 is 10.2 Å². The predicted molar refractivity (Wildman–Crippen MR) is 115 cm³/mol. The molecule has 146 valence electrons. The molecule has 2 aromatic carbocycles. The molecule has 0 aromatic heterocycles. The number of carbonyl (C=O) groups excluding carboxylic acids is 1. The molecule has 5 nitrogen and oxygen atoms in total. The van der Waals surface area contributed by atoms with Gasteiger partial charge in [0, 0.05) is 36.9 Å². The highest BCUT2D eigenvalue weighted by molar-refractivity contribution is 6.42. The molecule has 1 heterocycles. The molecule has 0 spiro atoms. The first-order valence-corrected chi connectivity index (χ1v) is 10.0. The van der Waals surface area contributed by atoms with E-state index in [1.165, 1.54) is 0 Å². The minimum absolute atomic E-state index is 0.169. The number of nitrogens with one attached hydrogen (secondary N) is 1. The third-order valence-corrected chi connectivity index (χ3v) is 5.40. The highest BCUT2D eigenvalue weighted by Gasteiger charge is 2.19. The normalized spacial score (nSPS) is 15.0. The number of benzene rings is 2. The Morgan fingerprint density at radius 3 is 2.36 bits per heavy atom. The second-order valence-corrected chi connectivity index (χ2v) is 7.82. The predicted octanol–water partition coefficient (Wildman–Crippen LogP) is 4.67. The summed E-state index contributed by atoms with van der Waals surface area (Å²) in [4.78, 5) is 16.8. The van der Waals surface area contributed by atoms with Crippen LogP contribution in [0.15, 0.2) is 36.4 Å². The number of carbonyl (C=O) groups is 1. The standard InChI is InChI=1S/C20H19Cl3N4O/c21-15-10-17(22)20(18(23)11-15)25-19(28)13-26-6-1-7-27(9-8-26)16-4-2-14(12-24)3-5-16/h2-5,10-11H,1,6-9,13H2,(H,25,28). The summed E-state index contributed by atoms with van der Waals surface area (Å²) < 4.78 is 0. The molecule has 8 heteroatoms. The van der Waals surface area contributed by atoms with E-state index >= 15 is 0 Å². The van der Waals surface area contributed by atoms with E-state index in [0.717, 1.165) is 38.3 Å². The average Bonchev–Trinajstić information content (AvgIpc) is 2.90. The van der Waals surface area contributed by atoms with E-state index in [2.05, 4.69) is 21.2 Å². The summed E-state index contributed by atoms with van der Waals surface area (Å²) in [5, 5.41) is 12.8. The first-order valence-electron chi connectivity index (χ1n) is 8.88. The molecule has 0 unspecified atom stereocenters. The number of nitrogens with zero attached hydrogens (tertiary/aromatic N) is 3. The Morgan fingerprint density at radius 2 is 1.71 bits per heavy atom. The van der Waals surface area contributed by atoms with Gasteiger partial charge >= 0.3 is 0 Å². The van der Waals surface area contributed by atoms with Crippen molar-refractivity contribution in [2.45, 2.75) is 6.42 Å². The van der Waals surface area contributed by atoms with Gasteiger partial charge in [0.15, 0.2) is 0 Å². The van der Waals surface area contributed by atoms with Gasteiger partial charge in [-0.1, -0.05) is 34.8 Å². The van der Waals surface area contributed by atoms with Crippen molar-refractivity contribution in [1.29, 1.82) is 5.26 Å². The molecule has 0 bridgehead atoms. The van der Waals surface area contributed by atoms with Gasteiger partial charge < -0.3 is 10.2 Å². The molecule has 1 aliphatic heterocycles. The summed E-state index contributed by atoms with van der Waals surface area (Å²) in [6.07, 6.45) is 0.940. The van der Waals surface area contributed by atoms with Crippen LogP contribution in [0.5, 0.6) is 0 Å². The number of nitriles is 1. The van der Waals surface area contributed by atoms with Crippen molar-refractivity contribution >= 4 is 52.1 Å². The lowest BCUT2D eigenvalue weighted by molar-refractivity contribution is -0.117. The molecule has 0 atom stereocenters. The van der Waals surface area contributed by atoms with Crippen molar-refractivity contribution in [3.63, 3.8) is 0 Å². The number of hydrogen-bond acceptors (Lipinski definition) is 4.